The summed E-state index contributed by atoms with van der Waals surface area (Å²) in [5.41, 5.74) is 0.0230. The number of sulfonamides is 1. The maximum atomic E-state index is 13.1. The molecule has 2 rings (SSSR count). The van der Waals surface area contributed by atoms with Crippen LogP contribution >= 0.6 is 11.6 Å². The van der Waals surface area contributed by atoms with Gasteiger partial charge in [0.1, 0.15) is 5.82 Å². The van der Waals surface area contributed by atoms with Crippen LogP contribution < -0.4 is 5.32 Å². The Balaban J connectivity index is 2.09. The molecule has 2 aromatic rings. The molecule has 0 fully saturated rings. The standard InChI is InChI=1S/C19H20ClFN2O5S/c1-3-23(4-2)29(26,27)15-8-9-16(20)17(11-15)22-18(24)12-28-19(25)13-6-5-7-14(21)10-13/h5-11H,3-4,12H2,1-2H3,(H,22,24). The van der Waals surface area contributed by atoms with Crippen LogP contribution in [0.5, 0.6) is 0 Å². The molecule has 0 aliphatic heterocycles. The number of halogens is 2. The Bertz CT molecular complexity index is 1010. The number of ether oxygens (including phenoxy) is 1. The zero-order valence-corrected chi connectivity index (χ0v) is 17.4. The highest BCUT2D eigenvalue weighted by molar-refractivity contribution is 7.89. The lowest BCUT2D eigenvalue weighted by Gasteiger charge is -2.19. The second-order valence-electron chi connectivity index (χ2n) is 5.87. The Labute approximate surface area is 173 Å². The van der Waals surface area contributed by atoms with Crippen molar-refractivity contribution >= 4 is 39.2 Å². The summed E-state index contributed by atoms with van der Waals surface area (Å²) in [5.74, 6) is -2.21. The Morgan fingerprint density at radius 2 is 1.83 bits per heavy atom. The number of nitrogens with zero attached hydrogens (tertiary/aromatic N) is 1. The van der Waals surface area contributed by atoms with Gasteiger partial charge in [0, 0.05) is 13.1 Å². The molecule has 0 bridgehead atoms. The molecule has 0 spiro atoms. The third kappa shape index (κ3) is 5.75. The second-order valence-corrected chi connectivity index (χ2v) is 8.21. The lowest BCUT2D eigenvalue weighted by Crippen LogP contribution is -2.30. The van der Waals surface area contributed by atoms with E-state index in [-0.39, 0.29) is 21.2 Å². The minimum atomic E-state index is -3.74. The lowest BCUT2D eigenvalue weighted by molar-refractivity contribution is -0.119. The van der Waals surface area contributed by atoms with Crippen LogP contribution in [0.4, 0.5) is 10.1 Å². The van der Waals surface area contributed by atoms with Crippen LogP contribution in [0.25, 0.3) is 0 Å². The van der Waals surface area contributed by atoms with Crippen LogP contribution in [-0.4, -0.2) is 44.3 Å². The highest BCUT2D eigenvalue weighted by Gasteiger charge is 2.23. The van der Waals surface area contributed by atoms with E-state index in [2.05, 4.69) is 5.32 Å². The first-order valence-corrected chi connectivity index (χ1v) is 10.5. The number of nitrogens with one attached hydrogen (secondary N) is 1. The van der Waals surface area contributed by atoms with Gasteiger partial charge in [0.05, 0.1) is 21.2 Å². The van der Waals surface area contributed by atoms with Gasteiger partial charge >= 0.3 is 5.97 Å². The average Bonchev–Trinajstić information content (AvgIpc) is 2.68. The van der Waals surface area contributed by atoms with E-state index in [4.69, 9.17) is 16.3 Å². The molecule has 0 saturated carbocycles. The summed E-state index contributed by atoms with van der Waals surface area (Å²) in [4.78, 5) is 23.9. The van der Waals surface area contributed by atoms with E-state index < -0.39 is 34.3 Å². The van der Waals surface area contributed by atoms with Gasteiger partial charge in [0.25, 0.3) is 5.91 Å². The minimum Gasteiger partial charge on any atom is -0.452 e. The summed E-state index contributed by atoms with van der Waals surface area (Å²) < 4.78 is 44.5. The van der Waals surface area contributed by atoms with Crippen LogP contribution in [0.15, 0.2) is 47.4 Å². The van der Waals surface area contributed by atoms with Crippen LogP contribution in [0.3, 0.4) is 0 Å². The van der Waals surface area contributed by atoms with Crippen LogP contribution in [-0.2, 0) is 19.6 Å². The Hall–Kier alpha value is -2.49. The number of benzene rings is 2. The van der Waals surface area contributed by atoms with Crippen LogP contribution in [0.1, 0.15) is 24.2 Å². The fourth-order valence-electron chi connectivity index (χ4n) is 2.49. The maximum Gasteiger partial charge on any atom is 0.338 e. The average molecular weight is 443 g/mol. The summed E-state index contributed by atoms with van der Waals surface area (Å²) in [7, 11) is -3.74. The lowest BCUT2D eigenvalue weighted by atomic mass is 10.2. The molecule has 0 aromatic heterocycles. The van der Waals surface area contributed by atoms with Crippen molar-refractivity contribution in [3.05, 3.63) is 58.9 Å². The van der Waals surface area contributed by atoms with Gasteiger partial charge in [-0.05, 0) is 36.4 Å². The minimum absolute atomic E-state index is 0.0299. The van der Waals surface area contributed by atoms with Gasteiger partial charge in [0.15, 0.2) is 6.61 Å². The van der Waals surface area contributed by atoms with Crippen molar-refractivity contribution in [2.45, 2.75) is 18.7 Å². The van der Waals surface area contributed by atoms with Crippen molar-refractivity contribution < 1.29 is 27.1 Å². The van der Waals surface area contributed by atoms with E-state index in [1.165, 1.54) is 40.7 Å². The molecular formula is C19H20ClFN2O5S. The molecule has 156 valence electrons. The molecule has 0 heterocycles. The zero-order chi connectivity index (χ0) is 21.6. The van der Waals surface area contributed by atoms with Crippen LogP contribution in [0.2, 0.25) is 5.02 Å². The molecule has 0 aliphatic rings. The molecular weight excluding hydrogens is 423 g/mol. The van der Waals surface area contributed by atoms with E-state index >= 15 is 0 Å². The predicted molar refractivity (Wildman–Crippen MR) is 107 cm³/mol. The van der Waals surface area contributed by atoms with Crippen molar-refractivity contribution in [3.8, 4) is 0 Å². The van der Waals surface area contributed by atoms with E-state index in [1.54, 1.807) is 13.8 Å². The number of hydrogen-bond acceptors (Lipinski definition) is 5. The summed E-state index contributed by atoms with van der Waals surface area (Å²) in [5, 5.41) is 2.53. The highest BCUT2D eigenvalue weighted by atomic mass is 35.5. The summed E-state index contributed by atoms with van der Waals surface area (Å²) in [6.45, 7) is 3.36. The monoisotopic (exact) mass is 442 g/mol. The molecule has 29 heavy (non-hydrogen) atoms. The fraction of sp³-hybridized carbons (Fsp3) is 0.263. The van der Waals surface area contributed by atoms with Crippen LogP contribution in [0, 0.1) is 5.82 Å². The molecule has 0 saturated heterocycles. The zero-order valence-electron chi connectivity index (χ0n) is 15.8. The van der Waals surface area contributed by atoms with Gasteiger partial charge < -0.3 is 10.1 Å². The molecule has 1 N–H and O–H groups in total. The first-order valence-electron chi connectivity index (χ1n) is 8.71. The normalized spacial score (nSPS) is 11.3. The number of esters is 1. The molecule has 1 amide bonds. The van der Waals surface area contributed by atoms with Crippen molar-refractivity contribution in [1.29, 1.82) is 0 Å². The number of rotatable bonds is 8. The molecule has 0 aliphatic carbocycles. The van der Waals surface area contributed by atoms with Crippen molar-refractivity contribution in [2.24, 2.45) is 0 Å². The molecule has 10 heteroatoms. The fourth-order valence-corrected chi connectivity index (χ4v) is 4.14. The number of hydrogen-bond donors (Lipinski definition) is 1. The topological polar surface area (TPSA) is 92.8 Å². The second kappa shape index (κ2) is 9.82. The van der Waals surface area contributed by atoms with E-state index in [0.717, 1.165) is 6.07 Å². The SMILES string of the molecule is CCN(CC)S(=O)(=O)c1ccc(Cl)c(NC(=O)COC(=O)c2cccc(F)c2)c1. The smallest absolute Gasteiger partial charge is 0.338 e. The summed E-state index contributed by atoms with van der Waals surface area (Å²) in [6, 6.07) is 8.78. The van der Waals surface area contributed by atoms with Gasteiger partial charge in [-0.1, -0.05) is 31.5 Å². The third-order valence-corrected chi connectivity index (χ3v) is 6.33. The van der Waals surface area contributed by atoms with Gasteiger partial charge in [-0.3, -0.25) is 4.79 Å². The molecule has 0 atom stereocenters. The Kier molecular flexibility index (Phi) is 7.72. The van der Waals surface area contributed by atoms with E-state index in [9.17, 15) is 22.4 Å². The number of anilines is 1. The van der Waals surface area contributed by atoms with Crippen molar-refractivity contribution in [1.82, 2.24) is 4.31 Å². The maximum absolute atomic E-state index is 13.1. The Morgan fingerprint density at radius 1 is 1.14 bits per heavy atom. The molecule has 7 nitrogen and oxygen atoms in total. The first kappa shape index (κ1) is 22.8. The van der Waals surface area contributed by atoms with E-state index in [1.807, 2.05) is 0 Å². The third-order valence-electron chi connectivity index (χ3n) is 3.95. The highest BCUT2D eigenvalue weighted by Crippen LogP contribution is 2.27. The summed E-state index contributed by atoms with van der Waals surface area (Å²) in [6.07, 6.45) is 0. The Morgan fingerprint density at radius 3 is 2.45 bits per heavy atom. The van der Waals surface area contributed by atoms with E-state index in [0.29, 0.717) is 13.1 Å². The van der Waals surface area contributed by atoms with Gasteiger partial charge in [0.2, 0.25) is 10.0 Å². The van der Waals surface area contributed by atoms with Crippen molar-refractivity contribution in [2.75, 3.05) is 25.0 Å². The summed E-state index contributed by atoms with van der Waals surface area (Å²) >= 11 is 6.04. The number of carbonyl (C=O) groups excluding carboxylic acids is 2. The van der Waals surface area contributed by atoms with Crippen molar-refractivity contribution in [3.63, 3.8) is 0 Å². The van der Waals surface area contributed by atoms with Gasteiger partial charge in [-0.25, -0.2) is 17.6 Å². The first-order chi connectivity index (χ1) is 13.7. The van der Waals surface area contributed by atoms with Gasteiger partial charge in [-0.15, -0.1) is 0 Å². The predicted octanol–water partition coefficient (Wildman–Crippen LogP) is 3.31. The number of carbonyl (C=O) groups is 2. The van der Waals surface area contributed by atoms with Gasteiger partial charge in [-0.2, -0.15) is 4.31 Å². The molecule has 0 radical (unpaired) electrons. The molecule has 2 aromatic carbocycles. The quantitative estimate of drug-likeness (QED) is 0.633. The largest absolute Gasteiger partial charge is 0.452 e. The number of amides is 1. The molecule has 0 unspecified atom stereocenters.